The van der Waals surface area contributed by atoms with E-state index in [1.54, 1.807) is 18.2 Å². The molecule has 3 N–H and O–H groups in total. The SMILES string of the molecule is O=C(O)c1cc(NC(=O)c2cc3ccccc3o2)n[nH]1. The highest BCUT2D eigenvalue weighted by Crippen LogP contribution is 2.19. The van der Waals surface area contributed by atoms with Crippen LogP contribution in [-0.2, 0) is 0 Å². The minimum absolute atomic E-state index is 0.107. The van der Waals surface area contributed by atoms with Gasteiger partial charge >= 0.3 is 5.97 Å². The van der Waals surface area contributed by atoms with Crippen molar-refractivity contribution < 1.29 is 19.1 Å². The molecule has 0 atom stereocenters. The number of carboxylic acids is 1. The van der Waals surface area contributed by atoms with Gasteiger partial charge in [-0.1, -0.05) is 18.2 Å². The maximum atomic E-state index is 12.0. The highest BCUT2D eigenvalue weighted by Gasteiger charge is 2.15. The van der Waals surface area contributed by atoms with Crippen LogP contribution in [0.4, 0.5) is 5.82 Å². The summed E-state index contributed by atoms with van der Waals surface area (Å²) in [5.41, 5.74) is 0.496. The Kier molecular flexibility index (Phi) is 2.72. The van der Waals surface area contributed by atoms with Crippen LogP contribution in [0, 0.1) is 0 Å². The maximum absolute atomic E-state index is 12.0. The fourth-order valence-electron chi connectivity index (χ4n) is 1.77. The molecule has 3 aromatic rings. The number of aromatic carboxylic acids is 1. The molecule has 0 aliphatic heterocycles. The lowest BCUT2D eigenvalue weighted by Crippen LogP contribution is -2.11. The van der Waals surface area contributed by atoms with Gasteiger partial charge in [0.25, 0.3) is 5.91 Å². The Hall–Kier alpha value is -3.09. The highest BCUT2D eigenvalue weighted by molar-refractivity contribution is 6.04. The Morgan fingerprint density at radius 1 is 1.25 bits per heavy atom. The van der Waals surface area contributed by atoms with Gasteiger partial charge in [0.05, 0.1) is 0 Å². The second kappa shape index (κ2) is 4.54. The second-order valence-electron chi connectivity index (χ2n) is 4.07. The van der Waals surface area contributed by atoms with E-state index in [-0.39, 0.29) is 17.3 Å². The van der Waals surface area contributed by atoms with Gasteiger partial charge in [-0.25, -0.2) is 4.79 Å². The number of carbonyl (C=O) groups is 2. The molecule has 3 rings (SSSR count). The molecule has 0 bridgehead atoms. The van der Waals surface area contributed by atoms with Crippen LogP contribution in [0.5, 0.6) is 0 Å². The third kappa shape index (κ3) is 2.12. The fraction of sp³-hybridized carbons (Fsp3) is 0. The van der Waals surface area contributed by atoms with Crippen molar-refractivity contribution in [2.75, 3.05) is 5.32 Å². The van der Waals surface area contributed by atoms with Gasteiger partial charge in [-0.2, -0.15) is 5.10 Å². The van der Waals surface area contributed by atoms with E-state index in [2.05, 4.69) is 15.5 Å². The van der Waals surface area contributed by atoms with Gasteiger partial charge in [-0.3, -0.25) is 9.89 Å². The maximum Gasteiger partial charge on any atom is 0.353 e. The van der Waals surface area contributed by atoms with E-state index in [9.17, 15) is 9.59 Å². The smallest absolute Gasteiger partial charge is 0.353 e. The van der Waals surface area contributed by atoms with Crippen LogP contribution in [0.15, 0.2) is 40.8 Å². The van der Waals surface area contributed by atoms with E-state index >= 15 is 0 Å². The molecule has 100 valence electrons. The van der Waals surface area contributed by atoms with E-state index in [4.69, 9.17) is 9.52 Å². The zero-order chi connectivity index (χ0) is 14.1. The number of carbonyl (C=O) groups excluding carboxylic acids is 1. The van der Waals surface area contributed by atoms with Crippen molar-refractivity contribution in [1.82, 2.24) is 10.2 Å². The minimum Gasteiger partial charge on any atom is -0.477 e. The van der Waals surface area contributed by atoms with Gasteiger partial charge < -0.3 is 14.8 Å². The predicted octanol–water partition coefficient (Wildman–Crippen LogP) is 2.11. The molecule has 2 aromatic heterocycles. The number of furan rings is 1. The number of nitrogens with zero attached hydrogens (tertiary/aromatic N) is 1. The number of rotatable bonds is 3. The molecular weight excluding hydrogens is 262 g/mol. The van der Waals surface area contributed by atoms with Crippen molar-refractivity contribution in [3.8, 4) is 0 Å². The van der Waals surface area contributed by atoms with Crippen LogP contribution in [-0.4, -0.2) is 27.2 Å². The number of amides is 1. The van der Waals surface area contributed by atoms with Crippen molar-refractivity contribution in [1.29, 1.82) is 0 Å². The average Bonchev–Trinajstić information content (AvgIpc) is 3.04. The fourth-order valence-corrected chi connectivity index (χ4v) is 1.77. The summed E-state index contributed by atoms with van der Waals surface area (Å²) in [6, 6.07) is 10.1. The molecule has 0 radical (unpaired) electrons. The van der Waals surface area contributed by atoms with E-state index in [0.717, 1.165) is 5.39 Å². The molecule has 1 amide bonds. The Morgan fingerprint density at radius 3 is 2.75 bits per heavy atom. The molecule has 2 heterocycles. The van der Waals surface area contributed by atoms with E-state index in [1.807, 2.05) is 12.1 Å². The number of hydrogen-bond acceptors (Lipinski definition) is 4. The predicted molar refractivity (Wildman–Crippen MR) is 69.7 cm³/mol. The van der Waals surface area contributed by atoms with Crippen molar-refractivity contribution in [2.45, 2.75) is 0 Å². The van der Waals surface area contributed by atoms with Crippen LogP contribution in [0.3, 0.4) is 0 Å². The Bertz CT molecular complexity index is 770. The van der Waals surface area contributed by atoms with Crippen molar-refractivity contribution in [3.63, 3.8) is 0 Å². The molecule has 7 nitrogen and oxygen atoms in total. The van der Waals surface area contributed by atoms with Gasteiger partial charge in [0.1, 0.15) is 11.3 Å². The number of hydrogen-bond donors (Lipinski definition) is 3. The largest absolute Gasteiger partial charge is 0.477 e. The monoisotopic (exact) mass is 271 g/mol. The first kappa shape index (κ1) is 12.0. The van der Waals surface area contributed by atoms with Gasteiger partial charge in [0.15, 0.2) is 11.6 Å². The summed E-state index contributed by atoms with van der Waals surface area (Å²) >= 11 is 0. The first-order chi connectivity index (χ1) is 9.63. The zero-order valence-electron chi connectivity index (χ0n) is 10.1. The minimum atomic E-state index is -1.15. The molecular formula is C13H9N3O4. The first-order valence-electron chi connectivity index (χ1n) is 5.72. The number of H-pyrrole nitrogens is 1. The molecule has 0 unspecified atom stereocenters. The highest BCUT2D eigenvalue weighted by atomic mass is 16.4. The number of para-hydroxylation sites is 1. The molecule has 0 aliphatic rings. The standard InChI is InChI=1S/C13H9N3O4/c17-12(14-11-6-8(13(18)19)15-16-11)10-5-7-3-1-2-4-9(7)20-10/h1-6H,(H,18,19)(H2,14,15,16,17). The van der Waals surface area contributed by atoms with E-state index in [0.29, 0.717) is 5.58 Å². The summed E-state index contributed by atoms with van der Waals surface area (Å²) in [5.74, 6) is -1.40. The molecule has 7 heteroatoms. The van der Waals surface area contributed by atoms with E-state index < -0.39 is 11.9 Å². The number of anilines is 1. The number of aromatic nitrogens is 2. The summed E-state index contributed by atoms with van der Waals surface area (Å²) in [7, 11) is 0. The zero-order valence-corrected chi connectivity index (χ0v) is 10.1. The van der Waals surface area contributed by atoms with Gasteiger partial charge in [-0.15, -0.1) is 0 Å². The number of aromatic amines is 1. The average molecular weight is 271 g/mol. The summed E-state index contributed by atoms with van der Waals surface area (Å²) in [6.07, 6.45) is 0. The topological polar surface area (TPSA) is 108 Å². The Morgan fingerprint density at radius 2 is 2.05 bits per heavy atom. The van der Waals surface area contributed by atoms with Crippen LogP contribution < -0.4 is 5.32 Å². The summed E-state index contributed by atoms with van der Waals surface area (Å²) in [5, 5.41) is 18.0. The molecule has 0 saturated heterocycles. The molecule has 20 heavy (non-hydrogen) atoms. The van der Waals surface area contributed by atoms with Crippen molar-refractivity contribution in [2.24, 2.45) is 0 Å². The molecule has 0 fully saturated rings. The molecule has 1 aromatic carbocycles. The van der Waals surface area contributed by atoms with Crippen molar-refractivity contribution in [3.05, 3.63) is 47.9 Å². The van der Waals surface area contributed by atoms with E-state index in [1.165, 1.54) is 6.07 Å². The second-order valence-corrected chi connectivity index (χ2v) is 4.07. The summed E-state index contributed by atoms with van der Waals surface area (Å²) in [6.45, 7) is 0. The van der Waals surface area contributed by atoms with Gasteiger partial charge in [0.2, 0.25) is 0 Å². The van der Waals surface area contributed by atoms with Crippen LogP contribution in [0.2, 0.25) is 0 Å². The lowest BCUT2D eigenvalue weighted by molar-refractivity contribution is 0.0690. The van der Waals surface area contributed by atoms with Gasteiger partial charge in [-0.05, 0) is 12.1 Å². The first-order valence-corrected chi connectivity index (χ1v) is 5.72. The van der Waals surface area contributed by atoms with Crippen LogP contribution >= 0.6 is 0 Å². The third-order valence-electron chi connectivity index (χ3n) is 2.70. The van der Waals surface area contributed by atoms with Gasteiger partial charge in [0, 0.05) is 11.5 Å². The summed E-state index contributed by atoms with van der Waals surface area (Å²) < 4.78 is 5.39. The summed E-state index contributed by atoms with van der Waals surface area (Å²) in [4.78, 5) is 22.6. The molecule has 0 spiro atoms. The number of nitrogens with one attached hydrogen (secondary N) is 2. The lowest BCUT2D eigenvalue weighted by atomic mass is 10.2. The quantitative estimate of drug-likeness (QED) is 0.676. The third-order valence-corrected chi connectivity index (χ3v) is 2.70. The van der Waals surface area contributed by atoms with Crippen LogP contribution in [0.25, 0.3) is 11.0 Å². The normalized spacial score (nSPS) is 10.6. The van der Waals surface area contributed by atoms with Crippen molar-refractivity contribution >= 4 is 28.7 Å². The molecule has 0 aliphatic carbocycles. The Balaban J connectivity index is 1.83. The number of benzene rings is 1. The number of fused-ring (bicyclic) bond motifs is 1. The number of carboxylic acid groups (broad SMARTS) is 1. The lowest BCUT2D eigenvalue weighted by Gasteiger charge is -1.96. The molecule has 0 saturated carbocycles. The Labute approximate surface area is 112 Å². The van der Waals surface area contributed by atoms with Crippen LogP contribution in [0.1, 0.15) is 21.0 Å².